The number of benzene rings is 2. The first-order chi connectivity index (χ1) is 18.9. The molecule has 0 aliphatic heterocycles. The minimum Gasteiger partial charge on any atom is -0.497 e. The molecule has 0 saturated carbocycles. The number of rotatable bonds is 8. The Hall–Kier alpha value is -4.05. The maximum atomic E-state index is 14.3. The van der Waals surface area contributed by atoms with E-state index in [2.05, 4.69) is 10.4 Å². The van der Waals surface area contributed by atoms with Gasteiger partial charge < -0.3 is 25.6 Å². The van der Waals surface area contributed by atoms with E-state index in [0.29, 0.717) is 11.3 Å². The van der Waals surface area contributed by atoms with Gasteiger partial charge in [-0.1, -0.05) is 11.6 Å². The van der Waals surface area contributed by atoms with E-state index in [4.69, 9.17) is 36.7 Å². The molecule has 2 aromatic carbocycles. The van der Waals surface area contributed by atoms with Crippen molar-refractivity contribution in [2.24, 2.45) is 12.8 Å². The Kier molecular flexibility index (Phi) is 10.9. The first-order valence-electron chi connectivity index (χ1n) is 11.1. The van der Waals surface area contributed by atoms with Crippen LogP contribution in [0.4, 0.5) is 36.4 Å². The van der Waals surface area contributed by atoms with Gasteiger partial charge in [0.25, 0.3) is 5.91 Å². The molecular weight excluding hydrogens is 593 g/mol. The summed E-state index contributed by atoms with van der Waals surface area (Å²) in [5.74, 6) is -3.81. The highest BCUT2D eigenvalue weighted by molar-refractivity contribution is 6.33. The molecule has 3 aromatic rings. The fraction of sp³-hybridized carbons (Fsp3) is 0.292. The number of halogens is 8. The molecule has 1 unspecified atom stereocenters. The summed E-state index contributed by atoms with van der Waals surface area (Å²) >= 11 is 6.24. The maximum absolute atomic E-state index is 14.3. The van der Waals surface area contributed by atoms with Crippen LogP contribution in [0, 0.1) is 5.82 Å². The van der Waals surface area contributed by atoms with E-state index in [-0.39, 0.29) is 27.8 Å². The molecule has 224 valence electrons. The Bertz CT molecular complexity index is 1360. The Balaban J connectivity index is 0.000000745. The van der Waals surface area contributed by atoms with E-state index < -0.39 is 49.1 Å². The summed E-state index contributed by atoms with van der Waals surface area (Å²) < 4.78 is 95.7. The Labute approximate surface area is 232 Å². The van der Waals surface area contributed by atoms with Gasteiger partial charge in [0.05, 0.1) is 36.0 Å². The second kappa shape index (κ2) is 13.5. The van der Waals surface area contributed by atoms with Crippen LogP contribution in [0.15, 0.2) is 42.6 Å². The van der Waals surface area contributed by atoms with Crippen molar-refractivity contribution >= 4 is 29.2 Å². The molecule has 0 fully saturated rings. The molecule has 1 amide bonds. The summed E-state index contributed by atoms with van der Waals surface area (Å²) in [5, 5.41) is 14.0. The van der Waals surface area contributed by atoms with Gasteiger partial charge in [0, 0.05) is 30.4 Å². The Morgan fingerprint density at radius 2 is 1.78 bits per heavy atom. The van der Waals surface area contributed by atoms with E-state index in [0.717, 1.165) is 6.07 Å². The minimum absolute atomic E-state index is 0.178. The summed E-state index contributed by atoms with van der Waals surface area (Å²) in [6.45, 7) is -0.412. The summed E-state index contributed by atoms with van der Waals surface area (Å²) in [6, 6.07) is 6.91. The van der Waals surface area contributed by atoms with Crippen LogP contribution < -0.4 is 20.5 Å². The van der Waals surface area contributed by atoms with Crippen LogP contribution >= 0.6 is 11.6 Å². The molecule has 1 aromatic heterocycles. The number of nitrogens with one attached hydrogen (secondary N) is 1. The van der Waals surface area contributed by atoms with Gasteiger partial charge in [-0.2, -0.15) is 31.4 Å². The van der Waals surface area contributed by atoms with Crippen LogP contribution in [0.3, 0.4) is 0 Å². The number of aryl methyl sites for hydroxylation is 1. The second-order valence-corrected chi connectivity index (χ2v) is 8.58. The molecule has 3 rings (SSSR count). The monoisotopic (exact) mass is 614 g/mol. The number of carbonyl (C=O) groups is 2. The molecule has 0 spiro atoms. The van der Waals surface area contributed by atoms with Crippen molar-refractivity contribution in [1.29, 1.82) is 0 Å². The van der Waals surface area contributed by atoms with Crippen LogP contribution in [0.1, 0.15) is 16.8 Å². The summed E-state index contributed by atoms with van der Waals surface area (Å²) in [6.07, 6.45) is -9.34. The number of aromatic nitrogens is 2. The highest BCUT2D eigenvalue weighted by atomic mass is 35.5. The maximum Gasteiger partial charge on any atom is 0.490 e. The number of hydrogen-bond donors (Lipinski definition) is 3. The topological polar surface area (TPSA) is 129 Å². The lowest BCUT2D eigenvalue weighted by atomic mass is 10.1. The number of carboxylic acid groups (broad SMARTS) is 1. The number of amides is 1. The third-order valence-corrected chi connectivity index (χ3v) is 5.27. The highest BCUT2D eigenvalue weighted by Crippen LogP contribution is 2.37. The number of methoxy groups -OCH3 is 1. The van der Waals surface area contributed by atoms with Gasteiger partial charge in [0.15, 0.2) is 0 Å². The zero-order chi connectivity index (χ0) is 31.1. The molecular formula is C24H22ClF7N4O5. The first-order valence-corrected chi connectivity index (χ1v) is 11.5. The van der Waals surface area contributed by atoms with Crippen LogP contribution in [0.2, 0.25) is 5.02 Å². The number of carbonyl (C=O) groups excluding carboxylic acids is 1. The predicted octanol–water partition coefficient (Wildman–Crippen LogP) is 5.43. The van der Waals surface area contributed by atoms with Crippen molar-refractivity contribution in [3.8, 4) is 22.8 Å². The molecule has 0 saturated heterocycles. The van der Waals surface area contributed by atoms with Crippen LogP contribution in [0.5, 0.6) is 11.5 Å². The molecule has 0 radical (unpaired) electrons. The highest BCUT2D eigenvalue weighted by Gasteiger charge is 2.38. The number of hydrogen-bond acceptors (Lipinski definition) is 6. The summed E-state index contributed by atoms with van der Waals surface area (Å²) in [4.78, 5) is 21.5. The predicted molar refractivity (Wildman–Crippen MR) is 132 cm³/mol. The summed E-state index contributed by atoms with van der Waals surface area (Å²) in [7, 11) is 2.98. The van der Waals surface area contributed by atoms with Gasteiger partial charge in [-0.15, -0.1) is 0 Å². The molecule has 1 atom stereocenters. The quantitative estimate of drug-likeness (QED) is 0.289. The Morgan fingerprint density at radius 1 is 1.15 bits per heavy atom. The lowest BCUT2D eigenvalue weighted by Crippen LogP contribution is -2.33. The Morgan fingerprint density at radius 3 is 2.27 bits per heavy atom. The number of aliphatic carboxylic acids is 1. The molecule has 0 aliphatic carbocycles. The van der Waals surface area contributed by atoms with E-state index in [1.54, 1.807) is 7.05 Å². The van der Waals surface area contributed by atoms with Gasteiger partial charge >= 0.3 is 18.3 Å². The summed E-state index contributed by atoms with van der Waals surface area (Å²) in [5.41, 5.74) is 6.34. The number of nitrogens with two attached hydrogens (primary N) is 1. The largest absolute Gasteiger partial charge is 0.497 e. The lowest BCUT2D eigenvalue weighted by molar-refractivity contribution is -0.192. The van der Waals surface area contributed by atoms with Crippen LogP contribution in [0.25, 0.3) is 11.3 Å². The number of carboxylic acids is 1. The van der Waals surface area contributed by atoms with Crippen molar-refractivity contribution in [1.82, 2.24) is 9.78 Å². The zero-order valence-electron chi connectivity index (χ0n) is 21.1. The number of alkyl halides is 6. The van der Waals surface area contributed by atoms with Gasteiger partial charge in [-0.05, 0) is 30.3 Å². The van der Waals surface area contributed by atoms with Gasteiger partial charge in [0.2, 0.25) is 0 Å². The molecule has 9 nitrogen and oxygen atoms in total. The number of anilines is 1. The minimum atomic E-state index is -5.08. The zero-order valence-corrected chi connectivity index (χ0v) is 21.9. The second-order valence-electron chi connectivity index (χ2n) is 8.17. The third kappa shape index (κ3) is 9.82. The fourth-order valence-electron chi connectivity index (χ4n) is 3.19. The average molecular weight is 615 g/mol. The van der Waals surface area contributed by atoms with Gasteiger partial charge in [0.1, 0.15) is 23.9 Å². The van der Waals surface area contributed by atoms with E-state index in [1.807, 2.05) is 0 Å². The normalized spacial score (nSPS) is 12.2. The van der Waals surface area contributed by atoms with E-state index in [9.17, 15) is 35.5 Å². The van der Waals surface area contributed by atoms with Crippen LogP contribution in [-0.4, -0.2) is 58.9 Å². The molecule has 4 N–H and O–H groups in total. The third-order valence-electron chi connectivity index (χ3n) is 5.00. The average Bonchev–Trinajstić information content (AvgIpc) is 3.19. The number of ether oxygens (including phenoxy) is 2. The van der Waals surface area contributed by atoms with Crippen LogP contribution in [-0.2, 0) is 11.8 Å². The standard InChI is InChI=1S/C22H21ClF4N4O3.C2HF3O2/c1-31-20(17(23)10-29-31)16-7-13(3-6-19(16)34-11-12(28)9-22(25,26)27)30-21(32)15-5-4-14(33-2)8-18(15)24;3-2(4,5)1(6)7/h3-8,10,12H,9,11,28H2,1-2H3,(H,30,32);(H,6,7). The van der Waals surface area contributed by atoms with E-state index in [1.165, 1.54) is 48.3 Å². The molecule has 0 bridgehead atoms. The van der Waals surface area contributed by atoms with Crippen molar-refractivity contribution in [3.05, 3.63) is 59.0 Å². The van der Waals surface area contributed by atoms with Gasteiger partial charge in [-0.25, -0.2) is 9.18 Å². The molecule has 1 heterocycles. The van der Waals surface area contributed by atoms with Crippen molar-refractivity contribution < 1.29 is 54.9 Å². The fourth-order valence-corrected chi connectivity index (χ4v) is 3.46. The SMILES string of the molecule is COc1ccc(C(=O)Nc2ccc(OCC(N)CC(F)(F)F)c(-c3c(Cl)cnn3C)c2)c(F)c1.O=C(O)C(F)(F)F. The molecule has 0 aliphatic rings. The number of nitrogens with zero attached hydrogens (tertiary/aromatic N) is 2. The smallest absolute Gasteiger partial charge is 0.490 e. The van der Waals surface area contributed by atoms with Crippen molar-refractivity contribution in [3.63, 3.8) is 0 Å². The first kappa shape index (κ1) is 33.2. The van der Waals surface area contributed by atoms with Crippen molar-refractivity contribution in [2.75, 3.05) is 19.0 Å². The van der Waals surface area contributed by atoms with Crippen molar-refractivity contribution in [2.45, 2.75) is 24.8 Å². The van der Waals surface area contributed by atoms with Gasteiger partial charge in [-0.3, -0.25) is 9.48 Å². The molecule has 41 heavy (non-hydrogen) atoms. The molecule has 17 heteroatoms. The van der Waals surface area contributed by atoms with E-state index >= 15 is 0 Å². The lowest BCUT2D eigenvalue weighted by Gasteiger charge is -2.18.